The molecule has 0 radical (unpaired) electrons. The summed E-state index contributed by atoms with van der Waals surface area (Å²) in [5.41, 5.74) is 2.34. The minimum Gasteiger partial charge on any atom is -0.477 e. The quantitative estimate of drug-likeness (QED) is 0.262. The predicted octanol–water partition coefficient (Wildman–Crippen LogP) is 4.11. The van der Waals surface area contributed by atoms with E-state index in [1.165, 1.54) is 10.4 Å². The number of halogens is 1. The van der Waals surface area contributed by atoms with Gasteiger partial charge in [-0.3, -0.25) is 4.99 Å². The lowest BCUT2D eigenvalue weighted by Gasteiger charge is -2.14. The van der Waals surface area contributed by atoms with Crippen molar-refractivity contribution in [1.29, 1.82) is 0 Å². The lowest BCUT2D eigenvalue weighted by Crippen LogP contribution is -2.36. The van der Waals surface area contributed by atoms with Gasteiger partial charge in [0.05, 0.1) is 13.2 Å². The molecule has 2 rings (SSSR count). The van der Waals surface area contributed by atoms with Gasteiger partial charge in [-0.05, 0) is 36.4 Å². The van der Waals surface area contributed by atoms with Crippen LogP contribution in [0.2, 0.25) is 0 Å². The Bertz CT molecular complexity index is 660. The SMILES string of the molecule is CCCCOc1ncccc1CNC(=NC)NCc1sccc1C.I. The van der Waals surface area contributed by atoms with E-state index in [9.17, 15) is 0 Å². The number of aliphatic imine (C=N–C) groups is 1. The Morgan fingerprint density at radius 2 is 2.08 bits per heavy atom. The Hall–Kier alpha value is -1.35. The van der Waals surface area contributed by atoms with Gasteiger partial charge in [0.2, 0.25) is 5.88 Å². The first-order chi connectivity index (χ1) is 11.7. The van der Waals surface area contributed by atoms with E-state index in [0.29, 0.717) is 19.0 Å². The highest BCUT2D eigenvalue weighted by Gasteiger charge is 2.07. The van der Waals surface area contributed by atoms with Crippen LogP contribution in [0.5, 0.6) is 5.88 Å². The Morgan fingerprint density at radius 1 is 1.28 bits per heavy atom. The summed E-state index contributed by atoms with van der Waals surface area (Å²) in [4.78, 5) is 9.93. The standard InChI is InChI=1S/C18H26N4OS.HI/c1-4-5-10-23-17-15(7-6-9-20-17)12-21-18(19-3)22-13-16-14(2)8-11-24-16;/h6-9,11H,4-5,10,12-13H2,1-3H3,(H2,19,21,22);1H. The van der Waals surface area contributed by atoms with Crippen LogP contribution >= 0.6 is 35.3 Å². The largest absolute Gasteiger partial charge is 0.477 e. The maximum atomic E-state index is 5.77. The van der Waals surface area contributed by atoms with Gasteiger partial charge >= 0.3 is 0 Å². The minimum absolute atomic E-state index is 0. The number of hydrogen-bond acceptors (Lipinski definition) is 4. The number of nitrogens with one attached hydrogen (secondary N) is 2. The zero-order valence-corrected chi connectivity index (χ0v) is 18.2. The molecule has 0 amide bonds. The number of ether oxygens (including phenoxy) is 1. The topological polar surface area (TPSA) is 58.5 Å². The van der Waals surface area contributed by atoms with Crippen LogP contribution in [0.4, 0.5) is 0 Å². The van der Waals surface area contributed by atoms with Gasteiger partial charge in [0.1, 0.15) is 0 Å². The van der Waals surface area contributed by atoms with Crippen LogP contribution in [0.3, 0.4) is 0 Å². The molecule has 0 bridgehead atoms. The van der Waals surface area contributed by atoms with Crippen molar-refractivity contribution in [2.75, 3.05) is 13.7 Å². The second-order valence-corrected chi connectivity index (χ2v) is 6.48. The second kappa shape index (κ2) is 12.1. The van der Waals surface area contributed by atoms with Crippen LogP contribution in [0.1, 0.15) is 35.8 Å². The van der Waals surface area contributed by atoms with Crippen LogP contribution < -0.4 is 15.4 Å². The van der Waals surface area contributed by atoms with Crippen molar-refractivity contribution in [1.82, 2.24) is 15.6 Å². The van der Waals surface area contributed by atoms with Crippen LogP contribution in [0.25, 0.3) is 0 Å². The number of aromatic nitrogens is 1. The first kappa shape index (κ1) is 21.7. The summed E-state index contributed by atoms with van der Waals surface area (Å²) in [5.74, 6) is 1.47. The average Bonchev–Trinajstić information content (AvgIpc) is 3.01. The molecule has 0 saturated carbocycles. The molecule has 2 aromatic heterocycles. The van der Waals surface area contributed by atoms with Crippen molar-refractivity contribution in [3.63, 3.8) is 0 Å². The highest BCUT2D eigenvalue weighted by atomic mass is 127. The van der Waals surface area contributed by atoms with Gasteiger partial charge in [0, 0.05) is 30.2 Å². The molecule has 0 spiro atoms. The van der Waals surface area contributed by atoms with E-state index in [0.717, 1.165) is 30.9 Å². The molecule has 0 atom stereocenters. The Balaban J connectivity index is 0.00000312. The van der Waals surface area contributed by atoms with Crippen LogP contribution in [-0.4, -0.2) is 24.6 Å². The lowest BCUT2D eigenvalue weighted by atomic mass is 10.2. The molecular formula is C18H27IN4OS. The van der Waals surface area contributed by atoms with Gasteiger partial charge in [-0.2, -0.15) is 0 Å². The van der Waals surface area contributed by atoms with Crippen LogP contribution in [-0.2, 0) is 13.1 Å². The van der Waals surface area contributed by atoms with E-state index in [2.05, 4.69) is 45.9 Å². The molecule has 7 heteroatoms. The monoisotopic (exact) mass is 474 g/mol. The number of unbranched alkanes of at least 4 members (excludes halogenated alkanes) is 1. The fourth-order valence-electron chi connectivity index (χ4n) is 2.15. The molecule has 0 aliphatic rings. The van der Waals surface area contributed by atoms with E-state index in [1.807, 2.05) is 12.1 Å². The number of guanidine groups is 1. The summed E-state index contributed by atoms with van der Waals surface area (Å²) in [6.45, 7) is 6.37. The first-order valence-electron chi connectivity index (χ1n) is 8.28. The van der Waals surface area contributed by atoms with Crippen molar-refractivity contribution < 1.29 is 4.74 Å². The molecule has 2 N–H and O–H groups in total. The second-order valence-electron chi connectivity index (χ2n) is 5.48. The summed E-state index contributed by atoms with van der Waals surface area (Å²) in [6, 6.07) is 6.08. The third-order valence-corrected chi connectivity index (χ3v) is 4.66. The van der Waals surface area contributed by atoms with Crippen molar-refractivity contribution in [3.8, 4) is 5.88 Å². The summed E-state index contributed by atoms with van der Waals surface area (Å²) in [6.07, 6.45) is 3.91. The predicted molar refractivity (Wildman–Crippen MR) is 116 cm³/mol. The molecule has 0 aliphatic carbocycles. The lowest BCUT2D eigenvalue weighted by molar-refractivity contribution is 0.294. The molecule has 5 nitrogen and oxygen atoms in total. The summed E-state index contributed by atoms with van der Waals surface area (Å²) in [5, 5.41) is 8.77. The smallest absolute Gasteiger partial charge is 0.218 e. The van der Waals surface area contributed by atoms with Crippen molar-refractivity contribution >= 4 is 41.3 Å². The van der Waals surface area contributed by atoms with E-state index < -0.39 is 0 Å². The number of aryl methyl sites for hydroxylation is 1. The minimum atomic E-state index is 0. The fraction of sp³-hybridized carbons (Fsp3) is 0.444. The molecule has 0 unspecified atom stereocenters. The fourth-order valence-corrected chi connectivity index (χ4v) is 3.00. The Morgan fingerprint density at radius 3 is 2.76 bits per heavy atom. The highest BCUT2D eigenvalue weighted by molar-refractivity contribution is 14.0. The van der Waals surface area contributed by atoms with Gasteiger partial charge < -0.3 is 15.4 Å². The van der Waals surface area contributed by atoms with Gasteiger partial charge in [-0.25, -0.2) is 4.98 Å². The van der Waals surface area contributed by atoms with Gasteiger partial charge in [-0.1, -0.05) is 19.4 Å². The maximum Gasteiger partial charge on any atom is 0.218 e. The van der Waals surface area contributed by atoms with Crippen molar-refractivity contribution in [3.05, 3.63) is 45.8 Å². The number of thiophene rings is 1. The molecule has 0 aliphatic heterocycles. The van der Waals surface area contributed by atoms with E-state index in [1.54, 1.807) is 24.6 Å². The Kier molecular flexibility index (Phi) is 10.5. The van der Waals surface area contributed by atoms with Crippen LogP contribution in [0, 0.1) is 6.92 Å². The molecule has 0 saturated heterocycles. The molecule has 25 heavy (non-hydrogen) atoms. The van der Waals surface area contributed by atoms with Gasteiger partial charge in [0.15, 0.2) is 5.96 Å². The zero-order chi connectivity index (χ0) is 17.2. The number of pyridine rings is 1. The molecule has 138 valence electrons. The normalized spacial score (nSPS) is 10.9. The third kappa shape index (κ3) is 7.19. The number of rotatable bonds is 8. The molecule has 2 aromatic rings. The van der Waals surface area contributed by atoms with E-state index in [4.69, 9.17) is 4.74 Å². The molecule has 0 aromatic carbocycles. The van der Waals surface area contributed by atoms with E-state index >= 15 is 0 Å². The number of hydrogen-bond donors (Lipinski definition) is 2. The van der Waals surface area contributed by atoms with E-state index in [-0.39, 0.29) is 24.0 Å². The first-order valence-corrected chi connectivity index (χ1v) is 9.16. The average molecular weight is 474 g/mol. The van der Waals surface area contributed by atoms with Gasteiger partial charge in [-0.15, -0.1) is 35.3 Å². The summed E-state index contributed by atoms with van der Waals surface area (Å²) >= 11 is 1.75. The molecule has 2 heterocycles. The van der Waals surface area contributed by atoms with Crippen LogP contribution in [0.15, 0.2) is 34.8 Å². The maximum absolute atomic E-state index is 5.77. The molecular weight excluding hydrogens is 447 g/mol. The highest BCUT2D eigenvalue weighted by Crippen LogP contribution is 2.15. The van der Waals surface area contributed by atoms with Crippen molar-refractivity contribution in [2.45, 2.75) is 39.8 Å². The van der Waals surface area contributed by atoms with Crippen molar-refractivity contribution in [2.24, 2.45) is 4.99 Å². The zero-order valence-electron chi connectivity index (χ0n) is 15.0. The Labute approximate surface area is 171 Å². The number of nitrogens with zero attached hydrogens (tertiary/aromatic N) is 2. The molecule has 0 fully saturated rings. The summed E-state index contributed by atoms with van der Waals surface area (Å²) < 4.78 is 5.77. The summed E-state index contributed by atoms with van der Waals surface area (Å²) in [7, 11) is 1.78. The third-order valence-electron chi connectivity index (χ3n) is 3.64. The van der Waals surface area contributed by atoms with Gasteiger partial charge in [0.25, 0.3) is 0 Å².